The van der Waals surface area contributed by atoms with Gasteiger partial charge in [-0.3, -0.25) is 0 Å². The molecule has 1 aromatic rings. The lowest BCUT2D eigenvalue weighted by molar-refractivity contribution is 0.171. The number of rotatable bonds is 5. The van der Waals surface area contributed by atoms with Gasteiger partial charge in [-0.15, -0.1) is 0 Å². The van der Waals surface area contributed by atoms with Gasteiger partial charge in [0, 0.05) is 18.0 Å². The molecule has 2 rings (SSSR count). The van der Waals surface area contributed by atoms with Crippen LogP contribution in [-0.4, -0.2) is 27.0 Å². The number of ether oxygens (including phenoxy) is 3. The highest BCUT2D eigenvalue weighted by Crippen LogP contribution is 2.35. The van der Waals surface area contributed by atoms with Crippen molar-refractivity contribution >= 4 is 0 Å². The second kappa shape index (κ2) is 4.84. The fraction of sp³-hybridized carbons (Fsp3) is 0.538. The SMILES string of the molecule is CNCC(C)(C)COc1ccc2c(c1)OCO2. The van der Waals surface area contributed by atoms with Crippen molar-refractivity contribution in [3.05, 3.63) is 18.2 Å². The molecule has 4 nitrogen and oxygen atoms in total. The second-order valence-electron chi connectivity index (χ2n) is 5.00. The van der Waals surface area contributed by atoms with E-state index >= 15 is 0 Å². The summed E-state index contributed by atoms with van der Waals surface area (Å²) < 4.78 is 16.3. The molecule has 1 aliphatic rings. The third-order valence-corrected chi connectivity index (χ3v) is 2.63. The van der Waals surface area contributed by atoms with Crippen molar-refractivity contribution < 1.29 is 14.2 Å². The standard InChI is InChI=1S/C13H19NO3/c1-13(2,7-14-3)8-15-10-4-5-11-12(6-10)17-9-16-11/h4-6,14H,7-9H2,1-3H3. The van der Waals surface area contributed by atoms with Crippen LogP contribution in [0, 0.1) is 5.41 Å². The predicted octanol–water partition coefficient (Wildman–Crippen LogP) is 2.04. The average Bonchev–Trinajstić information content (AvgIpc) is 2.73. The first-order valence-electron chi connectivity index (χ1n) is 5.78. The maximum atomic E-state index is 5.77. The molecule has 1 aliphatic heterocycles. The normalized spacial score (nSPS) is 13.8. The Labute approximate surface area is 102 Å². The monoisotopic (exact) mass is 237 g/mol. The lowest BCUT2D eigenvalue weighted by atomic mass is 9.95. The van der Waals surface area contributed by atoms with E-state index in [0.717, 1.165) is 23.8 Å². The summed E-state index contributed by atoms with van der Waals surface area (Å²) in [5.41, 5.74) is 0.102. The zero-order chi connectivity index (χ0) is 12.3. The van der Waals surface area contributed by atoms with Gasteiger partial charge in [-0.25, -0.2) is 0 Å². The van der Waals surface area contributed by atoms with Crippen LogP contribution >= 0.6 is 0 Å². The zero-order valence-corrected chi connectivity index (χ0v) is 10.6. The molecule has 0 saturated heterocycles. The first-order valence-corrected chi connectivity index (χ1v) is 5.78. The minimum Gasteiger partial charge on any atom is -0.493 e. The van der Waals surface area contributed by atoms with Crippen LogP contribution in [0.5, 0.6) is 17.2 Å². The Kier molecular flexibility index (Phi) is 3.43. The van der Waals surface area contributed by atoms with E-state index in [1.165, 1.54) is 0 Å². The third kappa shape index (κ3) is 3.03. The smallest absolute Gasteiger partial charge is 0.231 e. The first-order chi connectivity index (χ1) is 8.11. The van der Waals surface area contributed by atoms with Crippen molar-refractivity contribution in [1.82, 2.24) is 5.32 Å². The van der Waals surface area contributed by atoms with Gasteiger partial charge in [-0.1, -0.05) is 13.8 Å². The Morgan fingerprint density at radius 2 is 2.06 bits per heavy atom. The Balaban J connectivity index is 1.95. The van der Waals surface area contributed by atoms with Gasteiger partial charge >= 0.3 is 0 Å². The molecule has 0 fully saturated rings. The summed E-state index contributed by atoms with van der Waals surface area (Å²) in [5.74, 6) is 2.36. The van der Waals surface area contributed by atoms with Gasteiger partial charge in [0.05, 0.1) is 6.61 Å². The van der Waals surface area contributed by atoms with Crippen molar-refractivity contribution in [1.29, 1.82) is 0 Å². The van der Waals surface area contributed by atoms with E-state index in [1.54, 1.807) is 0 Å². The molecule has 0 amide bonds. The van der Waals surface area contributed by atoms with Crippen LogP contribution in [0.4, 0.5) is 0 Å². The summed E-state index contributed by atoms with van der Waals surface area (Å²) in [5, 5.41) is 3.16. The maximum Gasteiger partial charge on any atom is 0.231 e. The summed E-state index contributed by atoms with van der Waals surface area (Å²) in [6.07, 6.45) is 0. The lowest BCUT2D eigenvalue weighted by Gasteiger charge is -2.24. The quantitative estimate of drug-likeness (QED) is 0.850. The Hall–Kier alpha value is -1.42. The van der Waals surface area contributed by atoms with Crippen LogP contribution < -0.4 is 19.5 Å². The van der Waals surface area contributed by atoms with Crippen molar-refractivity contribution in [2.24, 2.45) is 5.41 Å². The molecule has 0 aliphatic carbocycles. The summed E-state index contributed by atoms with van der Waals surface area (Å²) in [6, 6.07) is 5.66. The molecule has 17 heavy (non-hydrogen) atoms. The van der Waals surface area contributed by atoms with E-state index in [4.69, 9.17) is 14.2 Å². The lowest BCUT2D eigenvalue weighted by Crippen LogP contribution is -2.32. The molecule has 1 aromatic carbocycles. The summed E-state index contributed by atoms with van der Waals surface area (Å²) in [4.78, 5) is 0. The van der Waals surface area contributed by atoms with Gasteiger partial charge in [-0.05, 0) is 19.2 Å². The molecule has 0 saturated carbocycles. The number of benzene rings is 1. The topological polar surface area (TPSA) is 39.7 Å². The Bertz CT molecular complexity index is 390. The molecule has 0 bridgehead atoms. The second-order valence-corrected chi connectivity index (χ2v) is 5.00. The molecule has 0 aromatic heterocycles. The van der Waals surface area contributed by atoms with Gasteiger partial charge in [-0.2, -0.15) is 0 Å². The number of hydrogen-bond donors (Lipinski definition) is 1. The minimum atomic E-state index is 0.102. The molecule has 1 N–H and O–H groups in total. The highest BCUT2D eigenvalue weighted by Gasteiger charge is 2.19. The van der Waals surface area contributed by atoms with Crippen LogP contribution in [0.15, 0.2) is 18.2 Å². The summed E-state index contributed by atoms with van der Waals surface area (Å²) in [7, 11) is 1.95. The molecule has 4 heteroatoms. The number of hydrogen-bond acceptors (Lipinski definition) is 4. The van der Waals surface area contributed by atoms with Crippen molar-refractivity contribution in [3.63, 3.8) is 0 Å². The minimum absolute atomic E-state index is 0.102. The van der Waals surface area contributed by atoms with Crippen LogP contribution in [0.1, 0.15) is 13.8 Å². The summed E-state index contributed by atoms with van der Waals surface area (Å²) >= 11 is 0. The highest BCUT2D eigenvalue weighted by molar-refractivity contribution is 5.46. The zero-order valence-electron chi connectivity index (χ0n) is 10.6. The van der Waals surface area contributed by atoms with E-state index in [0.29, 0.717) is 13.4 Å². The Morgan fingerprint density at radius 3 is 2.82 bits per heavy atom. The Morgan fingerprint density at radius 1 is 1.29 bits per heavy atom. The molecule has 1 heterocycles. The molecule has 94 valence electrons. The highest BCUT2D eigenvalue weighted by atomic mass is 16.7. The van der Waals surface area contributed by atoms with Gasteiger partial charge in [0.15, 0.2) is 11.5 Å². The van der Waals surface area contributed by atoms with Crippen LogP contribution in [0.25, 0.3) is 0 Å². The maximum absolute atomic E-state index is 5.77. The molecule has 0 spiro atoms. The fourth-order valence-corrected chi connectivity index (χ4v) is 1.77. The average molecular weight is 237 g/mol. The van der Waals surface area contributed by atoms with E-state index in [1.807, 2.05) is 25.2 Å². The van der Waals surface area contributed by atoms with Gasteiger partial charge in [0.2, 0.25) is 6.79 Å². The van der Waals surface area contributed by atoms with Crippen molar-refractivity contribution in [2.75, 3.05) is 27.0 Å². The van der Waals surface area contributed by atoms with Crippen LogP contribution in [0.2, 0.25) is 0 Å². The van der Waals surface area contributed by atoms with Crippen LogP contribution in [-0.2, 0) is 0 Å². The van der Waals surface area contributed by atoms with Crippen molar-refractivity contribution in [2.45, 2.75) is 13.8 Å². The molecule has 0 unspecified atom stereocenters. The van der Waals surface area contributed by atoms with Gasteiger partial charge < -0.3 is 19.5 Å². The van der Waals surface area contributed by atoms with E-state index < -0.39 is 0 Å². The van der Waals surface area contributed by atoms with Gasteiger partial charge in [0.1, 0.15) is 5.75 Å². The first kappa shape index (κ1) is 12.0. The molecule has 0 radical (unpaired) electrons. The molecular weight excluding hydrogens is 218 g/mol. The summed E-state index contributed by atoms with van der Waals surface area (Å²) in [6.45, 7) is 6.20. The predicted molar refractivity (Wildman–Crippen MR) is 65.8 cm³/mol. The molecular formula is C13H19NO3. The van der Waals surface area contributed by atoms with E-state index in [9.17, 15) is 0 Å². The van der Waals surface area contributed by atoms with Gasteiger partial charge in [0.25, 0.3) is 0 Å². The van der Waals surface area contributed by atoms with Crippen LogP contribution in [0.3, 0.4) is 0 Å². The van der Waals surface area contributed by atoms with Crippen molar-refractivity contribution in [3.8, 4) is 17.2 Å². The molecule has 0 atom stereocenters. The number of fused-ring (bicyclic) bond motifs is 1. The fourth-order valence-electron chi connectivity index (χ4n) is 1.77. The van der Waals surface area contributed by atoms with E-state index in [2.05, 4.69) is 19.2 Å². The largest absolute Gasteiger partial charge is 0.493 e. The third-order valence-electron chi connectivity index (χ3n) is 2.63. The number of nitrogens with one attached hydrogen (secondary N) is 1. The van der Waals surface area contributed by atoms with E-state index in [-0.39, 0.29) is 5.41 Å².